The third-order valence-electron chi connectivity index (χ3n) is 11.5. The molecule has 3 aromatic rings. The van der Waals surface area contributed by atoms with Crippen LogP contribution in [0.4, 0.5) is 0 Å². The topological polar surface area (TPSA) is 147 Å². The first-order valence-electron chi connectivity index (χ1n) is 20.2. The van der Waals surface area contributed by atoms with Crippen LogP contribution >= 0.6 is 0 Å². The molecular weight excluding hydrogens is 723 g/mol. The number of rotatable bonds is 14. The molecular formula is C44H59N5O6Si. The van der Waals surface area contributed by atoms with Crippen LogP contribution in [0.3, 0.4) is 0 Å². The van der Waals surface area contributed by atoms with Crippen LogP contribution in [-0.4, -0.2) is 83.9 Å². The van der Waals surface area contributed by atoms with E-state index in [9.17, 15) is 24.0 Å². The van der Waals surface area contributed by atoms with E-state index in [1.807, 2.05) is 49.4 Å². The lowest BCUT2D eigenvalue weighted by molar-refractivity contribution is -0.144. The first-order valence-corrected chi connectivity index (χ1v) is 22.1. The summed E-state index contributed by atoms with van der Waals surface area (Å²) in [5.41, 5.74) is -0.705. The SMILES string of the molecule is CC[C@]1(C)NC(=O)[C@H](CCCCCC(=O)[C@@H](C)O[Si](c2ccccc2)(c2ccccc2)C(C)(C)C)NC(=O)[C@H]2CCCN2C(=O)[C@H](Cc2ccccn2)NC1=O. The molecule has 0 unspecified atom stereocenters. The summed E-state index contributed by atoms with van der Waals surface area (Å²) in [4.78, 5) is 75.0. The summed E-state index contributed by atoms with van der Waals surface area (Å²) >= 11 is 0. The van der Waals surface area contributed by atoms with Crippen LogP contribution in [0, 0.1) is 0 Å². The van der Waals surface area contributed by atoms with Crippen LogP contribution in [0.25, 0.3) is 0 Å². The average Bonchev–Trinajstić information content (AvgIpc) is 3.69. The zero-order chi connectivity index (χ0) is 40.5. The Bertz CT molecular complexity index is 1780. The fourth-order valence-electron chi connectivity index (χ4n) is 8.00. The zero-order valence-electron chi connectivity index (χ0n) is 33.8. The molecule has 5 atom stereocenters. The minimum absolute atomic E-state index is 0.0205. The summed E-state index contributed by atoms with van der Waals surface area (Å²) < 4.78 is 7.02. The van der Waals surface area contributed by atoms with Crippen molar-refractivity contribution in [3.8, 4) is 0 Å². The Morgan fingerprint density at radius 2 is 1.54 bits per heavy atom. The molecule has 5 rings (SSSR count). The summed E-state index contributed by atoms with van der Waals surface area (Å²) in [5, 5.41) is 10.7. The summed E-state index contributed by atoms with van der Waals surface area (Å²) in [6.45, 7) is 12.2. The van der Waals surface area contributed by atoms with E-state index in [4.69, 9.17) is 4.43 Å². The molecule has 12 heteroatoms. The molecule has 2 aliphatic rings. The van der Waals surface area contributed by atoms with E-state index in [0.717, 1.165) is 10.4 Å². The smallest absolute Gasteiger partial charge is 0.262 e. The predicted octanol–water partition coefficient (Wildman–Crippen LogP) is 4.37. The van der Waals surface area contributed by atoms with E-state index >= 15 is 0 Å². The predicted molar refractivity (Wildman–Crippen MR) is 220 cm³/mol. The Kier molecular flexibility index (Phi) is 14.0. The Labute approximate surface area is 332 Å². The first kappa shape index (κ1) is 42.5. The number of hydrogen-bond donors (Lipinski definition) is 3. The molecule has 4 amide bonds. The number of Topliss-reactive ketones (excluding diaryl/α,β-unsaturated/α-hetero) is 1. The van der Waals surface area contributed by atoms with Gasteiger partial charge in [0.05, 0.1) is 0 Å². The maximum atomic E-state index is 14.0. The minimum atomic E-state index is -2.91. The van der Waals surface area contributed by atoms with Gasteiger partial charge in [-0.3, -0.25) is 29.0 Å². The highest BCUT2D eigenvalue weighted by Crippen LogP contribution is 2.37. The number of carbonyl (C=O) groups excluding carboxylic acids is 5. The van der Waals surface area contributed by atoms with Crippen LogP contribution < -0.4 is 26.3 Å². The molecule has 0 bridgehead atoms. The molecule has 0 saturated carbocycles. The highest BCUT2D eigenvalue weighted by molar-refractivity contribution is 6.99. The maximum absolute atomic E-state index is 14.0. The van der Waals surface area contributed by atoms with Gasteiger partial charge < -0.3 is 25.3 Å². The lowest BCUT2D eigenvalue weighted by Gasteiger charge is -2.44. The number of amides is 4. The average molecular weight is 782 g/mol. The molecule has 0 spiro atoms. The van der Waals surface area contributed by atoms with Crippen LogP contribution in [0.15, 0.2) is 85.1 Å². The number of carbonyl (C=O) groups is 5. The number of ketones is 1. The summed E-state index contributed by atoms with van der Waals surface area (Å²) in [7, 11) is -2.91. The van der Waals surface area contributed by atoms with Gasteiger partial charge in [-0.25, -0.2) is 0 Å². The van der Waals surface area contributed by atoms with E-state index in [1.165, 1.54) is 4.90 Å². The van der Waals surface area contributed by atoms with Crippen molar-refractivity contribution in [2.45, 2.75) is 134 Å². The molecule has 0 aliphatic carbocycles. The number of aromatic nitrogens is 1. The molecule has 2 aliphatic heterocycles. The van der Waals surface area contributed by atoms with Crippen molar-refractivity contribution >= 4 is 48.1 Å². The van der Waals surface area contributed by atoms with Crippen molar-refractivity contribution in [3.05, 3.63) is 90.8 Å². The summed E-state index contributed by atoms with van der Waals surface area (Å²) in [5.74, 6) is -1.65. The number of fused-ring (bicyclic) bond motifs is 1. The Balaban J connectivity index is 1.25. The van der Waals surface area contributed by atoms with Crippen molar-refractivity contribution in [2.75, 3.05) is 6.54 Å². The molecule has 2 aromatic carbocycles. The maximum Gasteiger partial charge on any atom is 0.262 e. The number of unbranched alkanes of at least 4 members (excludes halogenated alkanes) is 2. The first-order chi connectivity index (χ1) is 26.7. The second kappa shape index (κ2) is 18.5. The largest absolute Gasteiger partial charge is 0.398 e. The van der Waals surface area contributed by atoms with Crippen LogP contribution in [0.5, 0.6) is 0 Å². The monoisotopic (exact) mass is 781 g/mol. The molecule has 300 valence electrons. The molecule has 2 fully saturated rings. The van der Waals surface area contributed by atoms with E-state index in [2.05, 4.69) is 66.0 Å². The molecule has 3 N–H and O–H groups in total. The van der Waals surface area contributed by atoms with Gasteiger partial charge in [0.2, 0.25) is 23.6 Å². The van der Waals surface area contributed by atoms with Crippen LogP contribution in [0.2, 0.25) is 5.04 Å². The van der Waals surface area contributed by atoms with Crippen molar-refractivity contribution in [1.82, 2.24) is 25.8 Å². The minimum Gasteiger partial charge on any atom is -0.398 e. The quantitative estimate of drug-likeness (QED) is 0.163. The summed E-state index contributed by atoms with van der Waals surface area (Å²) in [6, 6.07) is 23.3. The van der Waals surface area contributed by atoms with Gasteiger partial charge >= 0.3 is 0 Å². The molecule has 1 aromatic heterocycles. The van der Waals surface area contributed by atoms with Crippen LogP contribution in [-0.2, 0) is 34.8 Å². The van der Waals surface area contributed by atoms with E-state index in [-0.39, 0.29) is 35.5 Å². The number of benzene rings is 2. The standard InChI is InChI=1S/C44H59N5O6Si/c1-7-44(6)42(54)47-36(30-32-20-17-18-28-45-32)41(53)49-29-19-26-37(49)40(52)46-35(39(51)48-44)25-15-10-16-27-38(50)31(2)55-56(43(3,4)5,33-21-11-8-12-22-33)34-23-13-9-14-24-34/h8-9,11-14,17-18,20-24,28,31,35-37H,7,10,15-16,19,25-27,29-30H2,1-6H3,(H,46,52)(H,47,54)(H,48,51)/t31-,35+,36+,37-,44+/m1/s1. The van der Waals surface area contributed by atoms with Gasteiger partial charge in [0, 0.05) is 31.3 Å². The molecule has 2 saturated heterocycles. The molecule has 11 nitrogen and oxygen atoms in total. The Morgan fingerprint density at radius 3 is 2.12 bits per heavy atom. The molecule has 3 heterocycles. The van der Waals surface area contributed by atoms with Gasteiger partial charge in [0.1, 0.15) is 29.8 Å². The number of nitrogens with zero attached hydrogens (tertiary/aromatic N) is 2. The lowest BCUT2D eigenvalue weighted by atomic mass is 9.94. The fourth-order valence-corrected chi connectivity index (χ4v) is 12.7. The van der Waals surface area contributed by atoms with Crippen molar-refractivity contribution in [3.63, 3.8) is 0 Å². The lowest BCUT2D eigenvalue weighted by Crippen LogP contribution is -2.68. The molecule has 56 heavy (non-hydrogen) atoms. The highest BCUT2D eigenvalue weighted by Gasteiger charge is 2.51. The summed E-state index contributed by atoms with van der Waals surface area (Å²) in [6.07, 6.45) is 4.92. The third-order valence-corrected chi connectivity index (χ3v) is 16.6. The zero-order valence-corrected chi connectivity index (χ0v) is 34.8. The second-order valence-corrected chi connectivity index (χ2v) is 20.7. The normalized spacial score (nSPS) is 22.9. The van der Waals surface area contributed by atoms with Crippen LogP contribution in [0.1, 0.15) is 98.6 Å². The van der Waals surface area contributed by atoms with E-state index in [0.29, 0.717) is 57.2 Å². The highest BCUT2D eigenvalue weighted by atomic mass is 28.4. The van der Waals surface area contributed by atoms with Gasteiger partial charge in [0.15, 0.2) is 5.78 Å². The third kappa shape index (κ3) is 9.63. The van der Waals surface area contributed by atoms with Crippen molar-refractivity contribution in [1.29, 1.82) is 0 Å². The van der Waals surface area contributed by atoms with Crippen molar-refractivity contribution in [2.24, 2.45) is 0 Å². The number of pyridine rings is 1. The Morgan fingerprint density at radius 1 is 0.893 bits per heavy atom. The van der Waals surface area contributed by atoms with Gasteiger partial charge in [-0.2, -0.15) is 0 Å². The number of hydrogen-bond acceptors (Lipinski definition) is 7. The Hall–Kier alpha value is -4.68. The van der Waals surface area contributed by atoms with Gasteiger partial charge in [-0.15, -0.1) is 0 Å². The van der Waals surface area contributed by atoms with Gasteiger partial charge in [0.25, 0.3) is 8.32 Å². The van der Waals surface area contributed by atoms with Gasteiger partial charge in [-0.05, 0) is 73.5 Å². The molecule has 0 radical (unpaired) electrons. The van der Waals surface area contributed by atoms with E-state index in [1.54, 1.807) is 32.2 Å². The van der Waals surface area contributed by atoms with Gasteiger partial charge in [-0.1, -0.05) is 107 Å². The fraction of sp³-hybridized carbons (Fsp3) is 0.500. The second-order valence-electron chi connectivity index (χ2n) is 16.5. The van der Waals surface area contributed by atoms with Crippen molar-refractivity contribution < 1.29 is 28.4 Å². The number of nitrogens with one attached hydrogen (secondary N) is 3. The van der Waals surface area contributed by atoms with E-state index < -0.39 is 49.9 Å².